The molecule has 0 saturated carbocycles. The van der Waals surface area contributed by atoms with E-state index in [0.29, 0.717) is 31.5 Å². The number of ether oxygens (including phenoxy) is 1. The summed E-state index contributed by atoms with van der Waals surface area (Å²) in [7, 11) is 0. The summed E-state index contributed by atoms with van der Waals surface area (Å²) in [6.45, 7) is 1.23. The second-order valence-corrected chi connectivity index (χ2v) is 5.35. The zero-order valence-electron chi connectivity index (χ0n) is 12.6. The van der Waals surface area contributed by atoms with E-state index in [1.807, 2.05) is 6.07 Å². The van der Waals surface area contributed by atoms with Crippen LogP contribution in [0, 0.1) is 11.6 Å². The van der Waals surface area contributed by atoms with Gasteiger partial charge in [-0.2, -0.15) is 0 Å². The van der Waals surface area contributed by atoms with Crippen molar-refractivity contribution >= 4 is 17.7 Å². The van der Waals surface area contributed by atoms with Crippen LogP contribution in [0.2, 0.25) is 0 Å². The number of nitrogens with one attached hydrogen (secondary N) is 1. The average Bonchev–Trinajstić information content (AvgIpc) is 2.92. The van der Waals surface area contributed by atoms with Gasteiger partial charge in [-0.3, -0.25) is 4.79 Å². The Bertz CT molecular complexity index is 775. The van der Waals surface area contributed by atoms with Gasteiger partial charge in [0.15, 0.2) is 0 Å². The van der Waals surface area contributed by atoms with Crippen molar-refractivity contribution in [3.8, 4) is 0 Å². The Hall–Kier alpha value is -2.96. The van der Waals surface area contributed by atoms with Gasteiger partial charge in [0.05, 0.1) is 6.54 Å². The molecule has 1 aliphatic rings. The Balaban J connectivity index is 1.72. The summed E-state index contributed by atoms with van der Waals surface area (Å²) in [5, 5.41) is 2.58. The summed E-state index contributed by atoms with van der Waals surface area (Å²) < 4.78 is 31.2. The van der Waals surface area contributed by atoms with Gasteiger partial charge in [-0.05, 0) is 29.8 Å². The Morgan fingerprint density at radius 1 is 1.17 bits per heavy atom. The number of cyclic esters (lactones) is 1. The molecule has 2 aromatic rings. The first-order valence-electron chi connectivity index (χ1n) is 7.29. The Kier molecular flexibility index (Phi) is 4.41. The van der Waals surface area contributed by atoms with E-state index >= 15 is 0 Å². The summed E-state index contributed by atoms with van der Waals surface area (Å²) in [4.78, 5) is 25.1. The second kappa shape index (κ2) is 6.66. The number of hydrogen-bond acceptors (Lipinski definition) is 3. The highest BCUT2D eigenvalue weighted by atomic mass is 19.1. The van der Waals surface area contributed by atoms with E-state index in [2.05, 4.69) is 5.32 Å². The quantitative estimate of drug-likeness (QED) is 0.935. The first-order chi connectivity index (χ1) is 11.5. The molecule has 7 heteroatoms. The maximum absolute atomic E-state index is 13.2. The van der Waals surface area contributed by atoms with Crippen molar-refractivity contribution in [2.45, 2.75) is 6.54 Å². The molecule has 0 spiro atoms. The van der Waals surface area contributed by atoms with Crippen LogP contribution in [-0.2, 0) is 11.3 Å². The zero-order valence-corrected chi connectivity index (χ0v) is 12.6. The van der Waals surface area contributed by atoms with Gasteiger partial charge in [0.1, 0.15) is 18.2 Å². The largest absolute Gasteiger partial charge is 0.448 e. The van der Waals surface area contributed by atoms with E-state index in [9.17, 15) is 18.4 Å². The highest BCUT2D eigenvalue weighted by Gasteiger charge is 2.21. The van der Waals surface area contributed by atoms with Crippen LogP contribution in [0.15, 0.2) is 42.5 Å². The zero-order chi connectivity index (χ0) is 17.1. The lowest BCUT2D eigenvalue weighted by molar-refractivity contribution is 0.102. The summed E-state index contributed by atoms with van der Waals surface area (Å²) in [6, 6.07) is 9.50. The molecule has 3 rings (SSSR count). The van der Waals surface area contributed by atoms with E-state index in [-0.39, 0.29) is 11.7 Å². The fourth-order valence-corrected chi connectivity index (χ4v) is 2.43. The van der Waals surface area contributed by atoms with E-state index in [4.69, 9.17) is 4.74 Å². The van der Waals surface area contributed by atoms with E-state index in [1.54, 1.807) is 23.1 Å². The van der Waals surface area contributed by atoms with Gasteiger partial charge in [0, 0.05) is 23.9 Å². The number of benzene rings is 2. The molecule has 0 atom stereocenters. The highest BCUT2D eigenvalue weighted by molar-refractivity contribution is 6.04. The predicted molar refractivity (Wildman–Crippen MR) is 82.5 cm³/mol. The fourth-order valence-electron chi connectivity index (χ4n) is 2.43. The van der Waals surface area contributed by atoms with Crippen LogP contribution in [-0.4, -0.2) is 30.1 Å². The summed E-state index contributed by atoms with van der Waals surface area (Å²) in [5.74, 6) is -2.26. The molecule has 24 heavy (non-hydrogen) atoms. The number of hydrogen-bond donors (Lipinski definition) is 1. The van der Waals surface area contributed by atoms with Crippen molar-refractivity contribution in [1.82, 2.24) is 4.90 Å². The third kappa shape index (κ3) is 3.68. The average molecular weight is 332 g/mol. The second-order valence-electron chi connectivity index (χ2n) is 5.35. The lowest BCUT2D eigenvalue weighted by Gasteiger charge is -2.13. The summed E-state index contributed by atoms with van der Waals surface area (Å²) in [5.41, 5.74) is 1.16. The van der Waals surface area contributed by atoms with Gasteiger partial charge < -0.3 is 15.0 Å². The van der Waals surface area contributed by atoms with Crippen molar-refractivity contribution in [3.63, 3.8) is 0 Å². The molecule has 1 heterocycles. The van der Waals surface area contributed by atoms with Gasteiger partial charge in [-0.1, -0.05) is 12.1 Å². The van der Waals surface area contributed by atoms with Crippen LogP contribution < -0.4 is 5.32 Å². The summed E-state index contributed by atoms with van der Waals surface area (Å²) in [6.07, 6.45) is -0.375. The number of carbonyl (C=O) groups is 2. The molecule has 2 amide bonds. The number of rotatable bonds is 4. The van der Waals surface area contributed by atoms with Crippen molar-refractivity contribution in [3.05, 3.63) is 65.2 Å². The van der Waals surface area contributed by atoms with Gasteiger partial charge in [-0.25, -0.2) is 13.6 Å². The van der Waals surface area contributed by atoms with Crippen LogP contribution in [0.1, 0.15) is 15.9 Å². The van der Waals surface area contributed by atoms with Crippen LogP contribution in [0.4, 0.5) is 19.3 Å². The molecule has 0 radical (unpaired) electrons. The molecule has 124 valence electrons. The molecule has 0 aliphatic carbocycles. The molecular weight excluding hydrogens is 318 g/mol. The minimum Gasteiger partial charge on any atom is -0.448 e. The monoisotopic (exact) mass is 332 g/mol. The van der Waals surface area contributed by atoms with Crippen molar-refractivity contribution in [2.24, 2.45) is 0 Å². The van der Waals surface area contributed by atoms with Crippen LogP contribution >= 0.6 is 0 Å². The molecule has 1 saturated heterocycles. The van der Waals surface area contributed by atoms with Gasteiger partial charge >= 0.3 is 6.09 Å². The Morgan fingerprint density at radius 2 is 1.92 bits per heavy atom. The number of halogens is 2. The van der Waals surface area contributed by atoms with E-state index < -0.39 is 17.5 Å². The lowest BCUT2D eigenvalue weighted by atomic mass is 10.1. The van der Waals surface area contributed by atoms with E-state index in [1.165, 1.54) is 0 Å². The molecule has 2 aromatic carbocycles. The number of anilines is 1. The Labute approximate surface area is 136 Å². The molecule has 1 N–H and O–H groups in total. The van der Waals surface area contributed by atoms with Crippen LogP contribution in [0.3, 0.4) is 0 Å². The minimum absolute atomic E-state index is 0.110. The SMILES string of the molecule is O=C(Nc1cccc(CN2CCOC2=O)c1)c1cc(F)cc(F)c1. The van der Waals surface area contributed by atoms with Crippen molar-refractivity contribution in [1.29, 1.82) is 0 Å². The van der Waals surface area contributed by atoms with Crippen LogP contribution in [0.25, 0.3) is 0 Å². The lowest BCUT2D eigenvalue weighted by Crippen LogP contribution is -2.23. The molecule has 1 fully saturated rings. The standard InChI is InChI=1S/C17H14F2N2O3/c18-13-7-12(8-14(19)9-13)16(22)20-15-3-1-2-11(6-15)10-21-4-5-24-17(21)23/h1-3,6-9H,4-5,10H2,(H,20,22). The number of carbonyl (C=O) groups excluding carboxylic acids is 2. The molecule has 0 bridgehead atoms. The molecular formula is C17H14F2N2O3. The van der Waals surface area contributed by atoms with Crippen LogP contribution in [0.5, 0.6) is 0 Å². The molecule has 5 nitrogen and oxygen atoms in total. The normalized spacial score (nSPS) is 13.8. The van der Waals surface area contributed by atoms with Gasteiger partial charge in [0.25, 0.3) is 5.91 Å². The third-order valence-corrected chi connectivity index (χ3v) is 3.53. The number of nitrogens with zero attached hydrogens (tertiary/aromatic N) is 1. The van der Waals surface area contributed by atoms with Crippen molar-refractivity contribution < 1.29 is 23.1 Å². The molecule has 1 aliphatic heterocycles. The topological polar surface area (TPSA) is 58.6 Å². The fraction of sp³-hybridized carbons (Fsp3) is 0.176. The maximum atomic E-state index is 13.2. The van der Waals surface area contributed by atoms with E-state index in [0.717, 1.165) is 17.7 Å². The van der Waals surface area contributed by atoms with Gasteiger partial charge in [0.2, 0.25) is 0 Å². The highest BCUT2D eigenvalue weighted by Crippen LogP contribution is 2.17. The Morgan fingerprint density at radius 3 is 2.58 bits per heavy atom. The first-order valence-corrected chi connectivity index (χ1v) is 7.29. The third-order valence-electron chi connectivity index (χ3n) is 3.53. The molecule has 0 aromatic heterocycles. The number of amides is 2. The molecule has 0 unspecified atom stereocenters. The minimum atomic E-state index is -0.818. The van der Waals surface area contributed by atoms with Gasteiger partial charge in [-0.15, -0.1) is 0 Å². The first kappa shape index (κ1) is 15.9. The van der Waals surface area contributed by atoms with Crippen molar-refractivity contribution in [2.75, 3.05) is 18.5 Å². The maximum Gasteiger partial charge on any atom is 0.410 e. The summed E-state index contributed by atoms with van der Waals surface area (Å²) >= 11 is 0. The smallest absolute Gasteiger partial charge is 0.410 e. The predicted octanol–water partition coefficient (Wildman–Crippen LogP) is 3.17.